The van der Waals surface area contributed by atoms with Gasteiger partial charge in [0.25, 0.3) is 0 Å². The van der Waals surface area contributed by atoms with Crippen LogP contribution in [0.5, 0.6) is 5.75 Å². The van der Waals surface area contributed by atoms with Crippen molar-refractivity contribution in [1.82, 2.24) is 0 Å². The summed E-state index contributed by atoms with van der Waals surface area (Å²) in [6.45, 7) is 0. The highest BCUT2D eigenvalue weighted by Crippen LogP contribution is 2.29. The Hall–Kier alpha value is -2.01. The van der Waals surface area contributed by atoms with Crippen LogP contribution in [-0.2, 0) is 9.84 Å². The molecule has 0 aliphatic rings. The zero-order valence-corrected chi connectivity index (χ0v) is 10.6. The zero-order chi connectivity index (χ0) is 13.3. The van der Waals surface area contributed by atoms with Crippen LogP contribution in [0.4, 0.5) is 5.69 Å². The van der Waals surface area contributed by atoms with Gasteiger partial charge in [-0.25, -0.2) is 8.42 Å². The summed E-state index contributed by atoms with van der Waals surface area (Å²) in [6, 6.07) is 11.2. The van der Waals surface area contributed by atoms with Gasteiger partial charge in [-0.3, -0.25) is 0 Å². The van der Waals surface area contributed by atoms with Gasteiger partial charge in [-0.15, -0.1) is 0 Å². The molecule has 2 aromatic carbocycles. The molecule has 94 valence electrons. The maximum absolute atomic E-state index is 11.3. The van der Waals surface area contributed by atoms with Crippen LogP contribution in [-0.4, -0.2) is 19.8 Å². The van der Waals surface area contributed by atoms with Crippen LogP contribution in [0.3, 0.4) is 0 Å². The van der Waals surface area contributed by atoms with Gasteiger partial charge >= 0.3 is 0 Å². The molecule has 0 unspecified atom stereocenters. The number of anilines is 1. The van der Waals surface area contributed by atoms with Gasteiger partial charge in [0.15, 0.2) is 9.84 Å². The van der Waals surface area contributed by atoms with E-state index in [-0.39, 0.29) is 10.6 Å². The SMILES string of the molecule is CS(=O)(=O)c1ccc(-c2ccc(O)cc2N)cc1. The molecule has 0 spiro atoms. The number of phenolic OH excluding ortho intramolecular Hbond substituents is 1. The Morgan fingerprint density at radius 1 is 1.06 bits per heavy atom. The van der Waals surface area contributed by atoms with E-state index in [1.54, 1.807) is 18.2 Å². The van der Waals surface area contributed by atoms with Crippen molar-refractivity contribution in [2.45, 2.75) is 4.90 Å². The van der Waals surface area contributed by atoms with Gasteiger partial charge in [0.05, 0.1) is 4.90 Å². The second-order valence-corrected chi connectivity index (χ2v) is 6.08. The van der Waals surface area contributed by atoms with Crippen LogP contribution in [0.15, 0.2) is 47.4 Å². The van der Waals surface area contributed by atoms with Crippen LogP contribution in [0.1, 0.15) is 0 Å². The molecule has 0 bridgehead atoms. The minimum atomic E-state index is -3.19. The standard InChI is InChI=1S/C13H13NO3S/c1-18(16,17)11-5-2-9(3-6-11)12-7-4-10(15)8-13(12)14/h2-8,15H,14H2,1H3. The number of phenols is 1. The van der Waals surface area contributed by atoms with Gasteiger partial charge in [-0.1, -0.05) is 12.1 Å². The Balaban J connectivity index is 2.47. The summed E-state index contributed by atoms with van der Waals surface area (Å²) in [5.41, 5.74) is 7.81. The Morgan fingerprint density at radius 3 is 2.17 bits per heavy atom. The highest BCUT2D eigenvalue weighted by Gasteiger charge is 2.08. The van der Waals surface area contributed by atoms with E-state index < -0.39 is 9.84 Å². The van der Waals surface area contributed by atoms with E-state index in [1.807, 2.05) is 0 Å². The normalized spacial score (nSPS) is 11.4. The lowest BCUT2D eigenvalue weighted by molar-refractivity contribution is 0.476. The third-order valence-corrected chi connectivity index (χ3v) is 3.76. The lowest BCUT2D eigenvalue weighted by Crippen LogP contribution is -1.96. The minimum absolute atomic E-state index is 0.101. The number of sulfone groups is 1. The number of benzene rings is 2. The van der Waals surface area contributed by atoms with E-state index in [4.69, 9.17) is 5.73 Å². The average Bonchev–Trinajstić information content (AvgIpc) is 2.28. The zero-order valence-electron chi connectivity index (χ0n) is 9.79. The Kier molecular flexibility index (Phi) is 3.00. The van der Waals surface area contributed by atoms with Crippen LogP contribution in [0.25, 0.3) is 11.1 Å². The van der Waals surface area contributed by atoms with Gasteiger partial charge in [0.1, 0.15) is 5.75 Å². The summed E-state index contributed by atoms with van der Waals surface area (Å²) in [6.07, 6.45) is 1.16. The molecule has 0 aliphatic heterocycles. The highest BCUT2D eigenvalue weighted by atomic mass is 32.2. The summed E-state index contributed by atoms with van der Waals surface area (Å²) >= 11 is 0. The van der Waals surface area contributed by atoms with E-state index in [9.17, 15) is 13.5 Å². The van der Waals surface area contributed by atoms with Gasteiger partial charge in [-0.2, -0.15) is 0 Å². The molecule has 3 N–H and O–H groups in total. The van der Waals surface area contributed by atoms with Crippen LogP contribution in [0, 0.1) is 0 Å². The summed E-state index contributed by atoms with van der Waals surface area (Å²) in [5, 5.41) is 9.28. The monoisotopic (exact) mass is 263 g/mol. The summed E-state index contributed by atoms with van der Waals surface area (Å²) < 4.78 is 22.7. The highest BCUT2D eigenvalue weighted by molar-refractivity contribution is 7.90. The van der Waals surface area contributed by atoms with Crippen molar-refractivity contribution in [1.29, 1.82) is 0 Å². The summed E-state index contributed by atoms with van der Waals surface area (Å²) in [5.74, 6) is 0.101. The first-order valence-electron chi connectivity index (χ1n) is 5.27. The molecule has 0 aliphatic carbocycles. The molecule has 0 fully saturated rings. The Bertz CT molecular complexity index is 676. The largest absolute Gasteiger partial charge is 0.508 e. The quantitative estimate of drug-likeness (QED) is 0.812. The first kappa shape index (κ1) is 12.4. The Labute approximate surface area is 106 Å². The smallest absolute Gasteiger partial charge is 0.175 e. The molecule has 2 rings (SSSR count). The van der Waals surface area contributed by atoms with E-state index in [2.05, 4.69) is 0 Å². The molecule has 0 aromatic heterocycles. The predicted octanol–water partition coefficient (Wildman–Crippen LogP) is 2.04. The van der Waals surface area contributed by atoms with Crippen molar-refractivity contribution in [2.75, 3.05) is 12.0 Å². The van der Waals surface area contributed by atoms with Gasteiger partial charge in [0.2, 0.25) is 0 Å². The predicted molar refractivity (Wildman–Crippen MR) is 71.1 cm³/mol. The van der Waals surface area contributed by atoms with Crippen LogP contribution < -0.4 is 5.73 Å². The molecule has 0 saturated carbocycles. The molecule has 0 heterocycles. The topological polar surface area (TPSA) is 80.4 Å². The minimum Gasteiger partial charge on any atom is -0.508 e. The lowest BCUT2D eigenvalue weighted by atomic mass is 10.0. The van der Waals surface area contributed by atoms with E-state index in [0.29, 0.717) is 5.69 Å². The number of hydrogen-bond acceptors (Lipinski definition) is 4. The maximum atomic E-state index is 11.3. The molecule has 18 heavy (non-hydrogen) atoms. The average molecular weight is 263 g/mol. The number of rotatable bonds is 2. The fourth-order valence-electron chi connectivity index (χ4n) is 1.69. The van der Waals surface area contributed by atoms with Crippen LogP contribution in [0.2, 0.25) is 0 Å². The molecule has 0 radical (unpaired) electrons. The second kappa shape index (κ2) is 4.34. The van der Waals surface area contributed by atoms with Gasteiger partial charge < -0.3 is 10.8 Å². The molecule has 0 atom stereocenters. The molecular weight excluding hydrogens is 250 g/mol. The van der Waals surface area contributed by atoms with E-state index in [1.165, 1.54) is 24.3 Å². The summed E-state index contributed by atoms with van der Waals surface area (Å²) in [7, 11) is -3.19. The van der Waals surface area contributed by atoms with Crippen molar-refractivity contribution in [2.24, 2.45) is 0 Å². The Morgan fingerprint density at radius 2 is 1.67 bits per heavy atom. The van der Waals surface area contributed by atoms with Gasteiger partial charge in [0, 0.05) is 23.6 Å². The summed E-state index contributed by atoms with van der Waals surface area (Å²) in [4.78, 5) is 0.267. The molecule has 4 nitrogen and oxygen atoms in total. The molecular formula is C13H13NO3S. The molecule has 5 heteroatoms. The van der Waals surface area contributed by atoms with Crippen molar-refractivity contribution in [3.05, 3.63) is 42.5 Å². The molecule has 0 amide bonds. The van der Waals surface area contributed by atoms with E-state index >= 15 is 0 Å². The first-order valence-corrected chi connectivity index (χ1v) is 7.16. The lowest BCUT2D eigenvalue weighted by Gasteiger charge is -2.07. The second-order valence-electron chi connectivity index (χ2n) is 4.07. The molecule has 2 aromatic rings. The van der Waals surface area contributed by atoms with E-state index in [0.717, 1.165) is 17.4 Å². The number of nitrogen functional groups attached to an aromatic ring is 1. The number of aromatic hydroxyl groups is 1. The fraction of sp³-hybridized carbons (Fsp3) is 0.0769. The number of nitrogens with two attached hydrogens (primary N) is 1. The van der Waals surface area contributed by atoms with Crippen molar-refractivity contribution >= 4 is 15.5 Å². The van der Waals surface area contributed by atoms with Crippen molar-refractivity contribution < 1.29 is 13.5 Å². The first-order chi connectivity index (χ1) is 8.38. The fourth-order valence-corrected chi connectivity index (χ4v) is 2.33. The van der Waals surface area contributed by atoms with Gasteiger partial charge in [-0.05, 0) is 29.8 Å². The van der Waals surface area contributed by atoms with Crippen LogP contribution >= 0.6 is 0 Å². The third-order valence-electron chi connectivity index (χ3n) is 2.63. The molecule has 0 saturated heterocycles. The van der Waals surface area contributed by atoms with Crippen molar-refractivity contribution in [3.63, 3.8) is 0 Å². The third kappa shape index (κ3) is 2.46. The van der Waals surface area contributed by atoms with Crippen molar-refractivity contribution in [3.8, 4) is 16.9 Å². The number of hydrogen-bond donors (Lipinski definition) is 2. The maximum Gasteiger partial charge on any atom is 0.175 e.